The topological polar surface area (TPSA) is 56.2 Å². The lowest BCUT2D eigenvalue weighted by molar-refractivity contribution is 0.885. The molecule has 74 valence electrons. The van der Waals surface area contributed by atoms with Gasteiger partial charge in [0, 0.05) is 17.0 Å². The van der Waals surface area contributed by atoms with Crippen LogP contribution in [0.1, 0.15) is 17.0 Å². The fraction of sp³-hybridized carbons (Fsp3) is 0.400. The Hall–Kier alpha value is -1.42. The van der Waals surface area contributed by atoms with Gasteiger partial charge in [0.25, 0.3) is 0 Å². The molecule has 14 heavy (non-hydrogen) atoms. The van der Waals surface area contributed by atoms with Gasteiger partial charge in [0.05, 0.1) is 6.20 Å². The van der Waals surface area contributed by atoms with Gasteiger partial charge in [0.15, 0.2) is 5.65 Å². The molecule has 2 N–H and O–H groups in total. The van der Waals surface area contributed by atoms with Gasteiger partial charge < -0.3 is 5.73 Å². The third-order valence-corrected chi connectivity index (χ3v) is 2.26. The van der Waals surface area contributed by atoms with Crippen LogP contribution in [0.4, 0.5) is 0 Å². The molecule has 0 fully saturated rings. The highest BCUT2D eigenvalue weighted by molar-refractivity contribution is 5.48. The minimum absolute atomic E-state index is 0.635. The second-order valence-electron chi connectivity index (χ2n) is 3.48. The van der Waals surface area contributed by atoms with Crippen LogP contribution in [0.15, 0.2) is 12.3 Å². The van der Waals surface area contributed by atoms with E-state index in [1.807, 2.05) is 30.6 Å². The number of hydrogen-bond donors (Lipinski definition) is 1. The third-order valence-electron chi connectivity index (χ3n) is 2.26. The van der Waals surface area contributed by atoms with Crippen LogP contribution < -0.4 is 5.73 Å². The Kier molecular flexibility index (Phi) is 2.21. The molecule has 0 spiro atoms. The highest BCUT2D eigenvalue weighted by Crippen LogP contribution is 2.11. The second-order valence-corrected chi connectivity index (χ2v) is 3.48. The van der Waals surface area contributed by atoms with Crippen LogP contribution in [-0.2, 0) is 6.42 Å². The lowest BCUT2D eigenvalue weighted by Gasteiger charge is -2.01. The first-order valence-corrected chi connectivity index (χ1v) is 4.73. The summed E-state index contributed by atoms with van der Waals surface area (Å²) in [6, 6.07) is 2.02. The van der Waals surface area contributed by atoms with Crippen LogP contribution >= 0.6 is 0 Å². The van der Waals surface area contributed by atoms with Crippen molar-refractivity contribution in [3.8, 4) is 0 Å². The zero-order chi connectivity index (χ0) is 10.1. The van der Waals surface area contributed by atoms with Crippen molar-refractivity contribution in [1.29, 1.82) is 0 Å². The Bertz CT molecular complexity index is 458. The SMILES string of the molecule is Cc1cc(C)n2ncc(CCN)c2n1. The predicted octanol–water partition coefficient (Wildman–Crippen LogP) is 0.847. The van der Waals surface area contributed by atoms with E-state index < -0.39 is 0 Å². The van der Waals surface area contributed by atoms with E-state index in [1.54, 1.807) is 0 Å². The van der Waals surface area contributed by atoms with Crippen molar-refractivity contribution >= 4 is 5.65 Å². The van der Waals surface area contributed by atoms with Gasteiger partial charge in [-0.1, -0.05) is 0 Å². The maximum absolute atomic E-state index is 5.52. The summed E-state index contributed by atoms with van der Waals surface area (Å²) in [5.74, 6) is 0. The van der Waals surface area contributed by atoms with Crippen LogP contribution in [0, 0.1) is 13.8 Å². The zero-order valence-corrected chi connectivity index (χ0v) is 8.49. The van der Waals surface area contributed by atoms with Crippen molar-refractivity contribution in [2.75, 3.05) is 6.54 Å². The Morgan fingerprint density at radius 1 is 1.43 bits per heavy atom. The summed E-state index contributed by atoms with van der Waals surface area (Å²) in [5, 5.41) is 4.28. The molecule has 0 aliphatic rings. The molecule has 0 atom stereocenters. The van der Waals surface area contributed by atoms with Gasteiger partial charge in [-0.15, -0.1) is 0 Å². The van der Waals surface area contributed by atoms with Crippen molar-refractivity contribution in [2.24, 2.45) is 5.73 Å². The molecule has 0 aliphatic heterocycles. The van der Waals surface area contributed by atoms with E-state index in [2.05, 4.69) is 10.1 Å². The van der Waals surface area contributed by atoms with E-state index in [1.165, 1.54) is 0 Å². The van der Waals surface area contributed by atoms with Crippen LogP contribution in [0.3, 0.4) is 0 Å². The van der Waals surface area contributed by atoms with Crippen molar-refractivity contribution in [3.05, 3.63) is 29.2 Å². The standard InChI is InChI=1S/C10H14N4/c1-7-5-8(2)14-10(13-7)9(3-4-11)6-12-14/h5-6H,3-4,11H2,1-2H3. The lowest BCUT2D eigenvalue weighted by Crippen LogP contribution is -2.04. The van der Waals surface area contributed by atoms with Crippen molar-refractivity contribution < 1.29 is 0 Å². The van der Waals surface area contributed by atoms with Gasteiger partial charge >= 0.3 is 0 Å². The molecule has 0 aliphatic carbocycles. The van der Waals surface area contributed by atoms with Crippen molar-refractivity contribution in [1.82, 2.24) is 14.6 Å². The molecule has 0 unspecified atom stereocenters. The fourth-order valence-electron chi connectivity index (χ4n) is 1.65. The molecule has 4 heteroatoms. The second kappa shape index (κ2) is 3.38. The molecule has 0 bridgehead atoms. The number of nitrogens with zero attached hydrogens (tertiary/aromatic N) is 3. The number of nitrogens with two attached hydrogens (primary N) is 1. The number of fused-ring (bicyclic) bond motifs is 1. The highest BCUT2D eigenvalue weighted by atomic mass is 15.2. The Morgan fingerprint density at radius 2 is 2.21 bits per heavy atom. The Morgan fingerprint density at radius 3 is 2.93 bits per heavy atom. The monoisotopic (exact) mass is 190 g/mol. The van der Waals surface area contributed by atoms with Crippen molar-refractivity contribution in [3.63, 3.8) is 0 Å². The smallest absolute Gasteiger partial charge is 0.158 e. The van der Waals surface area contributed by atoms with Gasteiger partial charge in [-0.3, -0.25) is 0 Å². The first-order chi connectivity index (χ1) is 6.72. The van der Waals surface area contributed by atoms with Gasteiger partial charge in [0.2, 0.25) is 0 Å². The molecule has 0 saturated carbocycles. The van der Waals surface area contributed by atoms with Gasteiger partial charge in [0.1, 0.15) is 0 Å². The van der Waals surface area contributed by atoms with E-state index in [4.69, 9.17) is 5.73 Å². The Labute approximate surface area is 82.8 Å². The van der Waals surface area contributed by atoms with Gasteiger partial charge in [-0.25, -0.2) is 9.50 Å². The van der Waals surface area contributed by atoms with E-state index in [-0.39, 0.29) is 0 Å². The summed E-state index contributed by atoms with van der Waals surface area (Å²) in [5.41, 5.74) is 9.71. The molecular formula is C10H14N4. The normalized spacial score (nSPS) is 11.1. The average molecular weight is 190 g/mol. The molecule has 2 heterocycles. The van der Waals surface area contributed by atoms with Crippen molar-refractivity contribution in [2.45, 2.75) is 20.3 Å². The average Bonchev–Trinajstić information content (AvgIpc) is 2.49. The van der Waals surface area contributed by atoms with Crippen LogP contribution in [0.5, 0.6) is 0 Å². The largest absolute Gasteiger partial charge is 0.330 e. The predicted molar refractivity (Wildman–Crippen MR) is 55.2 cm³/mol. The summed E-state index contributed by atoms with van der Waals surface area (Å²) in [6.45, 7) is 4.66. The molecule has 0 saturated heterocycles. The first-order valence-electron chi connectivity index (χ1n) is 4.73. The molecule has 2 rings (SSSR count). The lowest BCUT2D eigenvalue weighted by atomic mass is 10.2. The number of rotatable bonds is 2. The highest BCUT2D eigenvalue weighted by Gasteiger charge is 2.06. The molecular weight excluding hydrogens is 176 g/mol. The van der Waals surface area contributed by atoms with Crippen LogP contribution in [0.2, 0.25) is 0 Å². The molecule has 0 radical (unpaired) electrons. The molecule has 0 amide bonds. The zero-order valence-electron chi connectivity index (χ0n) is 8.49. The fourth-order valence-corrected chi connectivity index (χ4v) is 1.65. The maximum Gasteiger partial charge on any atom is 0.158 e. The van der Waals surface area contributed by atoms with Gasteiger partial charge in [-0.05, 0) is 32.9 Å². The first kappa shape index (κ1) is 9.15. The van der Waals surface area contributed by atoms with E-state index in [0.29, 0.717) is 6.54 Å². The van der Waals surface area contributed by atoms with E-state index >= 15 is 0 Å². The molecule has 0 aromatic carbocycles. The maximum atomic E-state index is 5.52. The van der Waals surface area contributed by atoms with Crippen LogP contribution in [0.25, 0.3) is 5.65 Å². The summed E-state index contributed by atoms with van der Waals surface area (Å²) < 4.78 is 1.86. The number of hydrogen-bond acceptors (Lipinski definition) is 3. The quantitative estimate of drug-likeness (QED) is 0.763. The van der Waals surface area contributed by atoms with Crippen LogP contribution in [-0.4, -0.2) is 21.1 Å². The third kappa shape index (κ3) is 1.37. The molecule has 2 aromatic heterocycles. The summed E-state index contributed by atoms with van der Waals surface area (Å²) in [6.07, 6.45) is 2.68. The summed E-state index contributed by atoms with van der Waals surface area (Å²) in [4.78, 5) is 4.46. The van der Waals surface area contributed by atoms with Gasteiger partial charge in [-0.2, -0.15) is 5.10 Å². The van der Waals surface area contributed by atoms with E-state index in [9.17, 15) is 0 Å². The minimum Gasteiger partial charge on any atom is -0.330 e. The summed E-state index contributed by atoms with van der Waals surface area (Å²) >= 11 is 0. The molecule has 4 nitrogen and oxygen atoms in total. The number of aromatic nitrogens is 3. The minimum atomic E-state index is 0.635. The summed E-state index contributed by atoms with van der Waals surface area (Å²) in [7, 11) is 0. The van der Waals surface area contributed by atoms with E-state index in [0.717, 1.165) is 29.0 Å². The molecule has 2 aromatic rings. The number of aryl methyl sites for hydroxylation is 2. The Balaban J connectivity index is 2.66.